The van der Waals surface area contributed by atoms with Gasteiger partial charge in [0.1, 0.15) is 0 Å². The molecule has 0 atom stereocenters. The summed E-state index contributed by atoms with van der Waals surface area (Å²) in [7, 11) is -3.38. The van der Waals surface area contributed by atoms with Gasteiger partial charge >= 0.3 is 0 Å². The Hall–Kier alpha value is -0.910. The molecule has 0 fully saturated rings. The average molecular weight is 284 g/mol. The zero-order valence-electron chi connectivity index (χ0n) is 11.7. The third kappa shape index (κ3) is 5.72. The zero-order chi connectivity index (χ0) is 14.3. The van der Waals surface area contributed by atoms with Gasteiger partial charge in [0, 0.05) is 13.1 Å². The fourth-order valence-corrected chi connectivity index (χ4v) is 2.85. The molecule has 0 spiro atoms. The number of benzene rings is 1. The van der Waals surface area contributed by atoms with E-state index in [1.54, 1.807) is 24.3 Å². The van der Waals surface area contributed by atoms with Crippen LogP contribution < -0.4 is 10.5 Å². The maximum Gasteiger partial charge on any atom is 0.240 e. The van der Waals surface area contributed by atoms with Crippen LogP contribution in [0.5, 0.6) is 0 Å². The van der Waals surface area contributed by atoms with Gasteiger partial charge in [0.25, 0.3) is 0 Å². The molecule has 0 bridgehead atoms. The van der Waals surface area contributed by atoms with Crippen LogP contribution in [-0.4, -0.2) is 15.0 Å². The molecule has 1 aromatic rings. The Kier molecular flexibility index (Phi) is 6.48. The molecule has 0 aliphatic heterocycles. The molecule has 3 N–H and O–H groups in total. The second-order valence-electron chi connectivity index (χ2n) is 5.14. The van der Waals surface area contributed by atoms with Crippen LogP contribution in [0.1, 0.15) is 38.7 Å². The van der Waals surface area contributed by atoms with E-state index in [0.717, 1.165) is 24.8 Å². The van der Waals surface area contributed by atoms with E-state index in [0.29, 0.717) is 23.9 Å². The maximum atomic E-state index is 12.0. The molecule has 0 amide bonds. The van der Waals surface area contributed by atoms with Crippen LogP contribution in [0.2, 0.25) is 0 Å². The van der Waals surface area contributed by atoms with Gasteiger partial charge < -0.3 is 5.73 Å². The first kappa shape index (κ1) is 16.1. The quantitative estimate of drug-likeness (QED) is 0.719. The van der Waals surface area contributed by atoms with Crippen molar-refractivity contribution in [1.29, 1.82) is 0 Å². The highest BCUT2D eigenvalue weighted by atomic mass is 32.2. The van der Waals surface area contributed by atoms with Gasteiger partial charge in [-0.15, -0.1) is 0 Å². The summed E-state index contributed by atoms with van der Waals surface area (Å²) in [4.78, 5) is 0.300. The molecule has 0 saturated heterocycles. The number of rotatable bonds is 8. The van der Waals surface area contributed by atoms with Gasteiger partial charge in [-0.25, -0.2) is 13.1 Å². The molecule has 5 heteroatoms. The molecule has 0 aliphatic carbocycles. The number of hydrogen-bond donors (Lipinski definition) is 2. The molecule has 4 nitrogen and oxygen atoms in total. The first-order valence-corrected chi connectivity index (χ1v) is 8.22. The van der Waals surface area contributed by atoms with Crippen LogP contribution in [-0.2, 0) is 16.6 Å². The Balaban J connectivity index is 2.46. The SMILES string of the molecule is CC(C)CCCCNS(=O)(=O)c1ccc(CN)cc1. The molecule has 0 aliphatic rings. The van der Waals surface area contributed by atoms with E-state index in [-0.39, 0.29) is 0 Å². The van der Waals surface area contributed by atoms with Crippen molar-refractivity contribution in [3.63, 3.8) is 0 Å². The summed E-state index contributed by atoms with van der Waals surface area (Å²) < 4.78 is 26.6. The lowest BCUT2D eigenvalue weighted by molar-refractivity contribution is 0.530. The lowest BCUT2D eigenvalue weighted by Crippen LogP contribution is -2.24. The minimum atomic E-state index is -3.38. The second kappa shape index (κ2) is 7.62. The summed E-state index contributed by atoms with van der Waals surface area (Å²) in [6.45, 7) is 5.25. The predicted molar refractivity (Wildman–Crippen MR) is 78.2 cm³/mol. The second-order valence-corrected chi connectivity index (χ2v) is 6.90. The van der Waals surface area contributed by atoms with Crippen molar-refractivity contribution >= 4 is 10.0 Å². The molecule has 108 valence electrons. The fraction of sp³-hybridized carbons (Fsp3) is 0.571. The monoisotopic (exact) mass is 284 g/mol. The van der Waals surface area contributed by atoms with E-state index in [2.05, 4.69) is 18.6 Å². The summed E-state index contributed by atoms with van der Waals surface area (Å²) in [6, 6.07) is 6.68. The van der Waals surface area contributed by atoms with E-state index < -0.39 is 10.0 Å². The molecule has 19 heavy (non-hydrogen) atoms. The van der Waals surface area contributed by atoms with Gasteiger partial charge in [0.15, 0.2) is 0 Å². The van der Waals surface area contributed by atoms with Crippen LogP contribution in [0.3, 0.4) is 0 Å². The number of nitrogens with two attached hydrogens (primary N) is 1. The van der Waals surface area contributed by atoms with Crippen LogP contribution in [0.15, 0.2) is 29.2 Å². The van der Waals surface area contributed by atoms with Crippen molar-refractivity contribution in [2.45, 2.75) is 44.6 Å². The lowest BCUT2D eigenvalue weighted by Gasteiger charge is -2.08. The zero-order valence-corrected chi connectivity index (χ0v) is 12.5. The molecular formula is C14H24N2O2S. The number of hydrogen-bond acceptors (Lipinski definition) is 3. The van der Waals surface area contributed by atoms with Crippen molar-refractivity contribution < 1.29 is 8.42 Å². The number of unbranched alkanes of at least 4 members (excludes halogenated alkanes) is 1. The Morgan fingerprint density at radius 1 is 1.16 bits per heavy atom. The van der Waals surface area contributed by atoms with Crippen LogP contribution in [0.4, 0.5) is 0 Å². The Morgan fingerprint density at radius 3 is 2.32 bits per heavy atom. The molecule has 0 heterocycles. The topological polar surface area (TPSA) is 72.2 Å². The van der Waals surface area contributed by atoms with Crippen molar-refractivity contribution in [2.24, 2.45) is 11.7 Å². The minimum absolute atomic E-state index is 0.300. The van der Waals surface area contributed by atoms with Gasteiger partial charge in [-0.2, -0.15) is 0 Å². The van der Waals surface area contributed by atoms with Gasteiger partial charge in [-0.1, -0.05) is 38.8 Å². The molecule has 0 aromatic heterocycles. The highest BCUT2D eigenvalue weighted by Crippen LogP contribution is 2.11. The molecule has 1 aromatic carbocycles. The summed E-state index contributed by atoms with van der Waals surface area (Å²) in [5.74, 6) is 0.667. The van der Waals surface area contributed by atoms with E-state index >= 15 is 0 Å². The van der Waals surface area contributed by atoms with Crippen LogP contribution in [0.25, 0.3) is 0 Å². The van der Waals surface area contributed by atoms with Gasteiger partial charge in [0.2, 0.25) is 10.0 Å². The standard InChI is InChI=1S/C14H24N2O2S/c1-12(2)5-3-4-10-16-19(17,18)14-8-6-13(11-15)7-9-14/h6-9,12,16H,3-5,10-11,15H2,1-2H3. The molecule has 1 rings (SSSR count). The highest BCUT2D eigenvalue weighted by molar-refractivity contribution is 7.89. The molecule has 0 unspecified atom stereocenters. The van der Waals surface area contributed by atoms with Gasteiger partial charge in [-0.05, 0) is 30.0 Å². The maximum absolute atomic E-state index is 12.0. The predicted octanol–water partition coefficient (Wildman–Crippen LogP) is 2.25. The average Bonchev–Trinajstić information content (AvgIpc) is 2.38. The van der Waals surface area contributed by atoms with E-state index in [4.69, 9.17) is 5.73 Å². The summed E-state index contributed by atoms with van der Waals surface area (Å²) in [5.41, 5.74) is 6.41. The minimum Gasteiger partial charge on any atom is -0.326 e. The van der Waals surface area contributed by atoms with Gasteiger partial charge in [-0.3, -0.25) is 0 Å². The Bertz CT molecular complexity index is 467. The largest absolute Gasteiger partial charge is 0.326 e. The normalized spacial score (nSPS) is 12.0. The summed E-state index contributed by atoms with van der Waals surface area (Å²) in [6.07, 6.45) is 3.05. The highest BCUT2D eigenvalue weighted by Gasteiger charge is 2.12. The van der Waals surface area contributed by atoms with Crippen molar-refractivity contribution in [2.75, 3.05) is 6.54 Å². The Morgan fingerprint density at radius 2 is 1.79 bits per heavy atom. The van der Waals surface area contributed by atoms with Crippen molar-refractivity contribution in [3.8, 4) is 0 Å². The smallest absolute Gasteiger partial charge is 0.240 e. The Labute approximate surface area is 116 Å². The van der Waals surface area contributed by atoms with E-state index in [1.807, 2.05) is 0 Å². The fourth-order valence-electron chi connectivity index (χ4n) is 1.77. The van der Waals surface area contributed by atoms with Crippen molar-refractivity contribution in [3.05, 3.63) is 29.8 Å². The van der Waals surface area contributed by atoms with E-state index in [1.165, 1.54) is 0 Å². The lowest BCUT2D eigenvalue weighted by atomic mass is 10.1. The van der Waals surface area contributed by atoms with Gasteiger partial charge in [0.05, 0.1) is 4.90 Å². The first-order valence-electron chi connectivity index (χ1n) is 6.74. The van der Waals surface area contributed by atoms with E-state index in [9.17, 15) is 8.42 Å². The first-order chi connectivity index (χ1) is 8.95. The summed E-state index contributed by atoms with van der Waals surface area (Å²) >= 11 is 0. The van der Waals surface area contributed by atoms with Crippen molar-refractivity contribution in [1.82, 2.24) is 4.72 Å². The summed E-state index contributed by atoms with van der Waals surface area (Å²) in [5, 5.41) is 0. The van der Waals surface area contributed by atoms with Crippen LogP contribution in [0, 0.1) is 5.92 Å². The third-order valence-electron chi connectivity index (χ3n) is 2.97. The number of sulfonamides is 1. The third-order valence-corrected chi connectivity index (χ3v) is 4.45. The molecule has 0 saturated carbocycles. The molecular weight excluding hydrogens is 260 g/mol. The molecule has 0 radical (unpaired) electrons. The number of nitrogens with one attached hydrogen (secondary N) is 1. The van der Waals surface area contributed by atoms with Crippen LogP contribution >= 0.6 is 0 Å².